The van der Waals surface area contributed by atoms with Crippen molar-refractivity contribution in [3.63, 3.8) is 0 Å². The summed E-state index contributed by atoms with van der Waals surface area (Å²) in [6, 6.07) is 6.58. The molecule has 0 unspecified atom stereocenters. The van der Waals surface area contributed by atoms with E-state index in [1.54, 1.807) is 31.4 Å². The molecule has 0 spiro atoms. The number of carboxylic acid groups (broad SMARTS) is 1. The van der Waals surface area contributed by atoms with Gasteiger partial charge < -0.3 is 15.2 Å². The summed E-state index contributed by atoms with van der Waals surface area (Å²) in [5.74, 6) is -1.14. The van der Waals surface area contributed by atoms with E-state index in [1.807, 2.05) is 0 Å². The number of benzene rings is 1. The van der Waals surface area contributed by atoms with Crippen molar-refractivity contribution in [2.24, 2.45) is 0 Å². The van der Waals surface area contributed by atoms with Crippen LogP contribution in [0, 0.1) is 0 Å². The SMILES string of the molecule is COCCNC(=O)c1cccc(CC(=O)O)c1. The summed E-state index contributed by atoms with van der Waals surface area (Å²) < 4.78 is 4.81. The number of carbonyl (C=O) groups excluding carboxylic acids is 1. The minimum Gasteiger partial charge on any atom is -0.481 e. The van der Waals surface area contributed by atoms with Gasteiger partial charge in [0, 0.05) is 19.2 Å². The van der Waals surface area contributed by atoms with Crippen LogP contribution in [0.1, 0.15) is 15.9 Å². The highest BCUT2D eigenvalue weighted by Gasteiger charge is 2.07. The number of carboxylic acids is 1. The van der Waals surface area contributed by atoms with E-state index in [-0.39, 0.29) is 12.3 Å². The van der Waals surface area contributed by atoms with Gasteiger partial charge >= 0.3 is 5.97 Å². The highest BCUT2D eigenvalue weighted by Crippen LogP contribution is 2.06. The lowest BCUT2D eigenvalue weighted by Gasteiger charge is -2.05. The van der Waals surface area contributed by atoms with Gasteiger partial charge in [-0.3, -0.25) is 9.59 Å². The molecule has 17 heavy (non-hydrogen) atoms. The number of nitrogens with one attached hydrogen (secondary N) is 1. The normalized spacial score (nSPS) is 9.94. The Morgan fingerprint density at radius 1 is 1.41 bits per heavy atom. The van der Waals surface area contributed by atoms with Crippen LogP contribution in [0.4, 0.5) is 0 Å². The molecular weight excluding hydrogens is 222 g/mol. The number of methoxy groups -OCH3 is 1. The third-order valence-corrected chi connectivity index (χ3v) is 2.14. The fourth-order valence-corrected chi connectivity index (χ4v) is 1.37. The van der Waals surface area contributed by atoms with Crippen LogP contribution in [-0.4, -0.2) is 37.2 Å². The highest BCUT2D eigenvalue weighted by molar-refractivity contribution is 5.94. The lowest BCUT2D eigenvalue weighted by molar-refractivity contribution is -0.136. The Morgan fingerprint density at radius 3 is 2.82 bits per heavy atom. The number of amides is 1. The van der Waals surface area contributed by atoms with Crippen LogP contribution in [-0.2, 0) is 16.0 Å². The molecule has 1 aromatic rings. The first-order valence-electron chi connectivity index (χ1n) is 5.21. The van der Waals surface area contributed by atoms with Crippen molar-refractivity contribution in [3.05, 3.63) is 35.4 Å². The summed E-state index contributed by atoms with van der Waals surface area (Å²) in [4.78, 5) is 22.2. The smallest absolute Gasteiger partial charge is 0.307 e. The molecule has 0 radical (unpaired) electrons. The van der Waals surface area contributed by atoms with Crippen LogP contribution >= 0.6 is 0 Å². The molecule has 0 atom stereocenters. The van der Waals surface area contributed by atoms with E-state index in [0.29, 0.717) is 24.3 Å². The zero-order valence-electron chi connectivity index (χ0n) is 9.60. The van der Waals surface area contributed by atoms with Crippen LogP contribution in [0.3, 0.4) is 0 Å². The first kappa shape index (κ1) is 13.2. The Morgan fingerprint density at radius 2 is 2.18 bits per heavy atom. The third-order valence-electron chi connectivity index (χ3n) is 2.14. The predicted molar refractivity (Wildman–Crippen MR) is 62.0 cm³/mol. The maximum absolute atomic E-state index is 11.6. The minimum atomic E-state index is -0.915. The lowest BCUT2D eigenvalue weighted by atomic mass is 10.1. The van der Waals surface area contributed by atoms with E-state index in [4.69, 9.17) is 9.84 Å². The average molecular weight is 237 g/mol. The number of ether oxygens (including phenoxy) is 1. The summed E-state index contributed by atoms with van der Waals surface area (Å²) in [6.07, 6.45) is -0.0841. The van der Waals surface area contributed by atoms with Crippen LogP contribution in [0.15, 0.2) is 24.3 Å². The Kier molecular flexibility index (Phi) is 5.16. The van der Waals surface area contributed by atoms with E-state index in [9.17, 15) is 9.59 Å². The largest absolute Gasteiger partial charge is 0.481 e. The molecule has 0 aliphatic carbocycles. The van der Waals surface area contributed by atoms with Crippen LogP contribution in [0.2, 0.25) is 0 Å². The summed E-state index contributed by atoms with van der Waals surface area (Å²) in [7, 11) is 1.56. The van der Waals surface area contributed by atoms with Crippen LogP contribution in [0.5, 0.6) is 0 Å². The molecule has 0 aliphatic rings. The highest BCUT2D eigenvalue weighted by atomic mass is 16.5. The van der Waals surface area contributed by atoms with Crippen molar-refractivity contribution in [3.8, 4) is 0 Å². The van der Waals surface area contributed by atoms with Crippen molar-refractivity contribution in [1.82, 2.24) is 5.32 Å². The van der Waals surface area contributed by atoms with Gasteiger partial charge in [-0.05, 0) is 17.7 Å². The zero-order chi connectivity index (χ0) is 12.7. The summed E-state index contributed by atoms with van der Waals surface area (Å²) >= 11 is 0. The molecule has 0 saturated carbocycles. The molecular formula is C12H15NO4. The molecule has 0 fully saturated rings. The fourth-order valence-electron chi connectivity index (χ4n) is 1.37. The molecule has 1 amide bonds. The summed E-state index contributed by atoms with van der Waals surface area (Å²) in [5, 5.41) is 11.3. The van der Waals surface area contributed by atoms with Gasteiger partial charge in [0.15, 0.2) is 0 Å². The monoisotopic (exact) mass is 237 g/mol. The number of hydrogen-bond donors (Lipinski definition) is 2. The number of aliphatic carboxylic acids is 1. The molecule has 0 aliphatic heterocycles. The van der Waals surface area contributed by atoms with E-state index >= 15 is 0 Å². The molecule has 5 heteroatoms. The van der Waals surface area contributed by atoms with Crippen molar-refractivity contribution in [2.45, 2.75) is 6.42 Å². The quantitative estimate of drug-likeness (QED) is 0.714. The number of carbonyl (C=O) groups is 2. The van der Waals surface area contributed by atoms with Gasteiger partial charge in [0.1, 0.15) is 0 Å². The van der Waals surface area contributed by atoms with Gasteiger partial charge in [-0.15, -0.1) is 0 Å². The van der Waals surface area contributed by atoms with Gasteiger partial charge in [-0.2, -0.15) is 0 Å². The van der Waals surface area contributed by atoms with Gasteiger partial charge in [0.2, 0.25) is 0 Å². The molecule has 0 heterocycles. The van der Waals surface area contributed by atoms with E-state index in [1.165, 1.54) is 0 Å². The van der Waals surface area contributed by atoms with Gasteiger partial charge in [0.05, 0.1) is 13.0 Å². The molecule has 1 rings (SSSR count). The standard InChI is InChI=1S/C12H15NO4/c1-17-6-5-13-12(16)10-4-2-3-9(7-10)8-11(14)15/h2-4,7H,5-6,8H2,1H3,(H,13,16)(H,14,15). The Balaban J connectivity index is 2.63. The number of hydrogen-bond acceptors (Lipinski definition) is 3. The maximum atomic E-state index is 11.6. The van der Waals surface area contributed by atoms with Crippen molar-refractivity contribution < 1.29 is 19.4 Å². The second kappa shape index (κ2) is 6.65. The minimum absolute atomic E-state index is 0.0841. The van der Waals surface area contributed by atoms with Crippen molar-refractivity contribution in [1.29, 1.82) is 0 Å². The molecule has 0 aromatic heterocycles. The summed E-state index contributed by atoms with van der Waals surface area (Å²) in [6.45, 7) is 0.874. The van der Waals surface area contributed by atoms with Crippen molar-refractivity contribution >= 4 is 11.9 Å². The topological polar surface area (TPSA) is 75.6 Å². The first-order chi connectivity index (χ1) is 8.13. The molecule has 5 nitrogen and oxygen atoms in total. The van der Waals surface area contributed by atoms with Crippen LogP contribution in [0.25, 0.3) is 0 Å². The zero-order valence-corrected chi connectivity index (χ0v) is 9.60. The van der Waals surface area contributed by atoms with E-state index < -0.39 is 5.97 Å². The Bertz CT molecular complexity index is 403. The fraction of sp³-hybridized carbons (Fsp3) is 0.333. The lowest BCUT2D eigenvalue weighted by Crippen LogP contribution is -2.27. The molecule has 0 saturated heterocycles. The van der Waals surface area contributed by atoms with Gasteiger partial charge in [0.25, 0.3) is 5.91 Å². The maximum Gasteiger partial charge on any atom is 0.307 e. The molecule has 92 valence electrons. The average Bonchev–Trinajstić information content (AvgIpc) is 2.28. The second-order valence-electron chi connectivity index (χ2n) is 3.52. The van der Waals surface area contributed by atoms with Gasteiger partial charge in [-0.1, -0.05) is 12.1 Å². The molecule has 0 bridgehead atoms. The van der Waals surface area contributed by atoms with Gasteiger partial charge in [-0.25, -0.2) is 0 Å². The Labute approximate surface area is 99.4 Å². The van der Waals surface area contributed by atoms with E-state index in [0.717, 1.165) is 0 Å². The molecule has 1 aromatic carbocycles. The Hall–Kier alpha value is -1.88. The van der Waals surface area contributed by atoms with Crippen LogP contribution < -0.4 is 5.32 Å². The number of rotatable bonds is 6. The van der Waals surface area contributed by atoms with Crippen molar-refractivity contribution in [2.75, 3.05) is 20.3 Å². The third kappa shape index (κ3) is 4.65. The second-order valence-corrected chi connectivity index (χ2v) is 3.52. The summed E-state index contributed by atoms with van der Waals surface area (Å²) in [5.41, 5.74) is 1.07. The molecule has 2 N–H and O–H groups in total. The van der Waals surface area contributed by atoms with E-state index in [2.05, 4.69) is 5.32 Å². The first-order valence-corrected chi connectivity index (χ1v) is 5.21. The predicted octanol–water partition coefficient (Wildman–Crippen LogP) is 0.690.